The topological polar surface area (TPSA) is 47.9 Å². The molecule has 116 valence electrons. The van der Waals surface area contributed by atoms with Crippen LogP contribution in [0.1, 0.15) is 38.1 Å². The molecule has 0 amide bonds. The van der Waals surface area contributed by atoms with E-state index >= 15 is 0 Å². The number of rotatable bonds is 4. The van der Waals surface area contributed by atoms with Gasteiger partial charge in [-0.2, -0.15) is 0 Å². The molecule has 0 aromatic heterocycles. The SMILES string of the molecule is CSC(=Nc1ccc(Cl)c(C(=O)OC(C)C)c1)OC(C)C. The monoisotopic (exact) mass is 329 g/mol. The van der Waals surface area contributed by atoms with Gasteiger partial charge in [0.05, 0.1) is 28.5 Å². The van der Waals surface area contributed by atoms with Crippen LogP contribution in [0.3, 0.4) is 0 Å². The fourth-order valence-corrected chi connectivity index (χ4v) is 2.12. The first-order chi connectivity index (χ1) is 9.83. The lowest BCUT2D eigenvalue weighted by Crippen LogP contribution is -2.12. The van der Waals surface area contributed by atoms with Crippen LogP contribution in [0.25, 0.3) is 0 Å². The van der Waals surface area contributed by atoms with Crippen molar-refractivity contribution in [3.63, 3.8) is 0 Å². The van der Waals surface area contributed by atoms with Crippen LogP contribution >= 0.6 is 23.4 Å². The highest BCUT2D eigenvalue weighted by Crippen LogP contribution is 2.25. The second-order valence-electron chi connectivity index (χ2n) is 4.87. The highest BCUT2D eigenvalue weighted by Gasteiger charge is 2.14. The third-order valence-electron chi connectivity index (χ3n) is 2.24. The van der Waals surface area contributed by atoms with Crippen LogP contribution in [-0.4, -0.2) is 29.7 Å². The Balaban J connectivity index is 3.05. The number of hydrogen-bond acceptors (Lipinski definition) is 5. The molecule has 0 fully saturated rings. The van der Waals surface area contributed by atoms with E-state index in [1.807, 2.05) is 20.1 Å². The standard InChI is InChI=1S/C15H20ClNO3S/c1-9(2)19-14(18)12-8-11(6-7-13(12)16)17-15(21-5)20-10(3)4/h6-10H,1-5H3. The molecule has 1 aromatic carbocycles. The molecule has 0 saturated carbocycles. The maximum absolute atomic E-state index is 12.0. The van der Waals surface area contributed by atoms with E-state index in [0.29, 0.717) is 21.5 Å². The predicted molar refractivity (Wildman–Crippen MR) is 88.8 cm³/mol. The van der Waals surface area contributed by atoms with Gasteiger partial charge in [0.2, 0.25) is 0 Å². The summed E-state index contributed by atoms with van der Waals surface area (Å²) >= 11 is 7.44. The highest BCUT2D eigenvalue weighted by molar-refractivity contribution is 8.12. The minimum absolute atomic E-state index is 0.0360. The maximum atomic E-state index is 12.0. The summed E-state index contributed by atoms with van der Waals surface area (Å²) in [5.74, 6) is -0.456. The molecule has 1 rings (SSSR count). The van der Waals surface area contributed by atoms with Gasteiger partial charge in [0, 0.05) is 0 Å². The molecule has 0 aliphatic rings. The number of halogens is 1. The summed E-state index contributed by atoms with van der Waals surface area (Å²) < 4.78 is 10.7. The van der Waals surface area contributed by atoms with Gasteiger partial charge in [-0.05, 0) is 52.1 Å². The number of carbonyl (C=O) groups is 1. The summed E-state index contributed by atoms with van der Waals surface area (Å²) in [7, 11) is 0. The Hall–Kier alpha value is -1.20. The lowest BCUT2D eigenvalue weighted by Gasteiger charge is -2.11. The van der Waals surface area contributed by atoms with Crippen LogP contribution < -0.4 is 0 Å². The largest absolute Gasteiger partial charge is 0.470 e. The van der Waals surface area contributed by atoms with Crippen LogP contribution in [0, 0.1) is 0 Å². The Bertz CT molecular complexity index is 530. The lowest BCUT2D eigenvalue weighted by atomic mass is 10.2. The smallest absolute Gasteiger partial charge is 0.339 e. The van der Waals surface area contributed by atoms with E-state index in [-0.39, 0.29) is 12.2 Å². The zero-order chi connectivity index (χ0) is 16.0. The van der Waals surface area contributed by atoms with Crippen molar-refractivity contribution in [1.29, 1.82) is 0 Å². The zero-order valence-electron chi connectivity index (χ0n) is 12.8. The van der Waals surface area contributed by atoms with Crippen LogP contribution in [-0.2, 0) is 9.47 Å². The highest BCUT2D eigenvalue weighted by atomic mass is 35.5. The average molecular weight is 330 g/mol. The molecule has 0 bridgehead atoms. The first-order valence-corrected chi connectivity index (χ1v) is 8.23. The fourth-order valence-electron chi connectivity index (χ4n) is 1.44. The van der Waals surface area contributed by atoms with Gasteiger partial charge >= 0.3 is 5.97 Å². The van der Waals surface area contributed by atoms with Crippen molar-refractivity contribution in [2.75, 3.05) is 6.26 Å². The van der Waals surface area contributed by atoms with Crippen LogP contribution in [0.2, 0.25) is 5.02 Å². The molecule has 0 N–H and O–H groups in total. The molecule has 4 nitrogen and oxygen atoms in total. The zero-order valence-corrected chi connectivity index (χ0v) is 14.4. The summed E-state index contributed by atoms with van der Waals surface area (Å²) in [6.45, 7) is 7.43. The molecule has 0 aliphatic heterocycles. The second kappa shape index (κ2) is 8.29. The van der Waals surface area contributed by atoms with Crippen LogP contribution in [0.4, 0.5) is 5.69 Å². The summed E-state index contributed by atoms with van der Waals surface area (Å²) in [6, 6.07) is 4.96. The van der Waals surface area contributed by atoms with E-state index in [1.165, 1.54) is 11.8 Å². The van der Waals surface area contributed by atoms with Crippen molar-refractivity contribution in [3.05, 3.63) is 28.8 Å². The third-order valence-corrected chi connectivity index (χ3v) is 3.11. The van der Waals surface area contributed by atoms with Gasteiger partial charge in [-0.15, -0.1) is 0 Å². The Labute approximate surface area is 134 Å². The van der Waals surface area contributed by atoms with E-state index in [0.717, 1.165) is 0 Å². The summed E-state index contributed by atoms with van der Waals surface area (Å²) in [6.07, 6.45) is 1.71. The van der Waals surface area contributed by atoms with Gasteiger partial charge in [-0.3, -0.25) is 0 Å². The Morgan fingerprint density at radius 3 is 2.33 bits per heavy atom. The van der Waals surface area contributed by atoms with E-state index < -0.39 is 5.97 Å². The number of carbonyl (C=O) groups excluding carboxylic acids is 1. The molecule has 0 saturated heterocycles. The van der Waals surface area contributed by atoms with Crippen molar-refractivity contribution < 1.29 is 14.3 Å². The maximum Gasteiger partial charge on any atom is 0.339 e. The predicted octanol–water partition coefficient (Wildman–Crippen LogP) is 4.68. The molecule has 21 heavy (non-hydrogen) atoms. The first-order valence-electron chi connectivity index (χ1n) is 6.63. The number of benzene rings is 1. The van der Waals surface area contributed by atoms with Crippen LogP contribution in [0.15, 0.2) is 23.2 Å². The molecule has 0 unspecified atom stereocenters. The summed E-state index contributed by atoms with van der Waals surface area (Å²) in [5.41, 5.74) is 0.900. The van der Waals surface area contributed by atoms with Gasteiger partial charge in [0.25, 0.3) is 5.23 Å². The summed E-state index contributed by atoms with van der Waals surface area (Å²) in [5, 5.41) is 0.880. The van der Waals surface area contributed by atoms with E-state index in [4.69, 9.17) is 21.1 Å². The summed E-state index contributed by atoms with van der Waals surface area (Å²) in [4.78, 5) is 16.3. The minimum atomic E-state index is -0.456. The number of thioether (sulfide) groups is 1. The van der Waals surface area contributed by atoms with Crippen molar-refractivity contribution in [3.8, 4) is 0 Å². The number of hydrogen-bond donors (Lipinski definition) is 0. The second-order valence-corrected chi connectivity index (χ2v) is 6.03. The quantitative estimate of drug-likeness (QED) is 0.457. The Kier molecular flexibility index (Phi) is 7.05. The van der Waals surface area contributed by atoms with Gasteiger partial charge < -0.3 is 9.47 Å². The molecule has 0 aliphatic carbocycles. The lowest BCUT2D eigenvalue weighted by molar-refractivity contribution is 0.0378. The minimum Gasteiger partial charge on any atom is -0.470 e. The van der Waals surface area contributed by atoms with E-state index in [9.17, 15) is 4.79 Å². The first kappa shape index (κ1) is 17.9. The Morgan fingerprint density at radius 1 is 1.19 bits per heavy atom. The fraction of sp³-hybridized carbons (Fsp3) is 0.467. The molecular formula is C15H20ClNO3S. The van der Waals surface area contributed by atoms with Gasteiger partial charge in [-0.1, -0.05) is 23.4 Å². The van der Waals surface area contributed by atoms with Crippen molar-refractivity contribution >= 4 is 40.2 Å². The molecular weight excluding hydrogens is 310 g/mol. The van der Waals surface area contributed by atoms with E-state index in [1.54, 1.807) is 32.0 Å². The third kappa shape index (κ3) is 5.98. The van der Waals surface area contributed by atoms with E-state index in [2.05, 4.69) is 4.99 Å². The normalized spacial score (nSPS) is 11.9. The van der Waals surface area contributed by atoms with Gasteiger partial charge in [-0.25, -0.2) is 9.79 Å². The number of ether oxygens (including phenoxy) is 2. The Morgan fingerprint density at radius 2 is 1.81 bits per heavy atom. The van der Waals surface area contributed by atoms with Crippen molar-refractivity contribution in [1.82, 2.24) is 0 Å². The van der Waals surface area contributed by atoms with Crippen LogP contribution in [0.5, 0.6) is 0 Å². The average Bonchev–Trinajstić information content (AvgIpc) is 2.38. The number of aliphatic imine (C=N–C) groups is 1. The van der Waals surface area contributed by atoms with Gasteiger partial charge in [0.1, 0.15) is 0 Å². The molecule has 1 aromatic rings. The molecule has 6 heteroatoms. The van der Waals surface area contributed by atoms with Gasteiger partial charge in [0.15, 0.2) is 0 Å². The molecule has 0 atom stereocenters. The molecule has 0 radical (unpaired) electrons. The molecule has 0 heterocycles. The number of nitrogens with zero attached hydrogens (tertiary/aromatic N) is 1. The van der Waals surface area contributed by atoms with Crippen molar-refractivity contribution in [2.24, 2.45) is 4.99 Å². The number of esters is 1. The van der Waals surface area contributed by atoms with Crippen molar-refractivity contribution in [2.45, 2.75) is 39.9 Å². The molecule has 0 spiro atoms.